The van der Waals surface area contributed by atoms with Crippen LogP contribution >= 0.6 is 0 Å². The number of hydrogen-bond donors (Lipinski definition) is 1. The second-order valence-electron chi connectivity index (χ2n) is 6.45. The largest absolute Gasteiger partial charge is 0.388 e. The topological polar surface area (TPSA) is 20.2 Å². The van der Waals surface area contributed by atoms with Gasteiger partial charge in [-0.05, 0) is 68.1 Å². The zero-order valence-electron chi connectivity index (χ0n) is 11.7. The Bertz CT molecular complexity index is 428. The molecule has 1 N–H and O–H groups in total. The van der Waals surface area contributed by atoms with E-state index in [0.717, 1.165) is 11.8 Å². The Labute approximate surface area is 110 Å². The molecule has 0 radical (unpaired) electrons. The second-order valence-corrected chi connectivity index (χ2v) is 6.45. The predicted octanol–water partition coefficient (Wildman–Crippen LogP) is 4.08. The quantitative estimate of drug-likeness (QED) is 0.831. The van der Waals surface area contributed by atoms with Gasteiger partial charge in [0.15, 0.2) is 0 Å². The fourth-order valence-corrected chi connectivity index (χ4v) is 4.37. The molecule has 1 heteroatoms. The van der Waals surface area contributed by atoms with Crippen LogP contribution in [0.3, 0.4) is 0 Å². The van der Waals surface area contributed by atoms with Gasteiger partial charge in [0.05, 0.1) is 6.10 Å². The maximum absolute atomic E-state index is 10.7. The van der Waals surface area contributed by atoms with Crippen LogP contribution in [0.5, 0.6) is 0 Å². The Hall–Kier alpha value is -0.820. The van der Waals surface area contributed by atoms with Crippen LogP contribution in [-0.2, 0) is 0 Å². The van der Waals surface area contributed by atoms with E-state index in [0.29, 0.717) is 5.92 Å². The molecule has 3 rings (SSSR count). The van der Waals surface area contributed by atoms with E-state index in [9.17, 15) is 5.11 Å². The molecule has 0 aromatic heterocycles. The smallest absolute Gasteiger partial charge is 0.0828 e. The van der Waals surface area contributed by atoms with E-state index < -0.39 is 0 Å². The predicted molar refractivity (Wildman–Crippen MR) is 74.6 cm³/mol. The van der Waals surface area contributed by atoms with Crippen molar-refractivity contribution >= 4 is 0 Å². The first kappa shape index (κ1) is 12.2. The van der Waals surface area contributed by atoms with Gasteiger partial charge in [-0.15, -0.1) is 0 Å². The number of aliphatic hydroxyl groups is 1. The third-order valence-corrected chi connectivity index (χ3v) is 5.12. The van der Waals surface area contributed by atoms with Gasteiger partial charge in [0.25, 0.3) is 0 Å². The number of fused-ring (bicyclic) bond motifs is 1. The van der Waals surface area contributed by atoms with Gasteiger partial charge >= 0.3 is 0 Å². The molecule has 0 aliphatic heterocycles. The van der Waals surface area contributed by atoms with Crippen LogP contribution in [0, 0.1) is 38.5 Å². The number of aliphatic hydroxyl groups excluding tert-OH is 1. The molecule has 0 heterocycles. The molecule has 0 saturated heterocycles. The molecule has 2 aliphatic carbocycles. The first-order valence-electron chi connectivity index (χ1n) is 7.35. The Morgan fingerprint density at radius 1 is 1.00 bits per heavy atom. The maximum atomic E-state index is 10.7. The van der Waals surface area contributed by atoms with Crippen LogP contribution < -0.4 is 0 Å². The molecule has 2 aliphatic rings. The van der Waals surface area contributed by atoms with E-state index in [2.05, 4.69) is 32.9 Å². The summed E-state index contributed by atoms with van der Waals surface area (Å²) in [5.41, 5.74) is 5.04. The van der Waals surface area contributed by atoms with E-state index in [1.807, 2.05) is 0 Å². The molecule has 0 amide bonds. The standard InChI is InChI=1S/C17H24O/c1-10-8-11(2)15(12(3)9-10)17(18)16-13-6-4-5-7-14(13)16/h8-9,13-14,16-18H,4-7H2,1-3H3. The van der Waals surface area contributed by atoms with Gasteiger partial charge in [0, 0.05) is 0 Å². The summed E-state index contributed by atoms with van der Waals surface area (Å²) in [6, 6.07) is 4.41. The monoisotopic (exact) mass is 244 g/mol. The summed E-state index contributed by atoms with van der Waals surface area (Å²) in [6.45, 7) is 6.42. The Kier molecular flexibility index (Phi) is 2.97. The molecule has 1 aromatic carbocycles. The molecular weight excluding hydrogens is 220 g/mol. The summed E-state index contributed by atoms with van der Waals surface area (Å²) in [7, 11) is 0. The van der Waals surface area contributed by atoms with E-state index in [-0.39, 0.29) is 6.10 Å². The van der Waals surface area contributed by atoms with Crippen molar-refractivity contribution in [1.29, 1.82) is 0 Å². The minimum Gasteiger partial charge on any atom is -0.388 e. The highest BCUT2D eigenvalue weighted by atomic mass is 16.3. The summed E-state index contributed by atoms with van der Waals surface area (Å²) in [5, 5.41) is 10.7. The van der Waals surface area contributed by atoms with Crippen molar-refractivity contribution in [2.24, 2.45) is 17.8 Å². The van der Waals surface area contributed by atoms with E-state index >= 15 is 0 Å². The molecular formula is C17H24O. The third kappa shape index (κ3) is 1.89. The molecule has 0 bridgehead atoms. The fourth-order valence-electron chi connectivity index (χ4n) is 4.37. The highest BCUT2D eigenvalue weighted by molar-refractivity contribution is 5.40. The molecule has 98 valence electrons. The zero-order chi connectivity index (χ0) is 12.9. The second kappa shape index (κ2) is 4.38. The zero-order valence-corrected chi connectivity index (χ0v) is 11.7. The minimum atomic E-state index is -0.223. The highest BCUT2D eigenvalue weighted by Gasteiger charge is 2.54. The van der Waals surface area contributed by atoms with Crippen molar-refractivity contribution in [3.8, 4) is 0 Å². The Morgan fingerprint density at radius 2 is 1.50 bits per heavy atom. The van der Waals surface area contributed by atoms with Gasteiger partial charge in [-0.3, -0.25) is 0 Å². The summed E-state index contributed by atoms with van der Waals surface area (Å²) in [5.74, 6) is 2.18. The van der Waals surface area contributed by atoms with E-state index in [4.69, 9.17) is 0 Å². The van der Waals surface area contributed by atoms with Crippen LogP contribution in [0.2, 0.25) is 0 Å². The van der Waals surface area contributed by atoms with Gasteiger partial charge in [-0.1, -0.05) is 30.5 Å². The van der Waals surface area contributed by atoms with Crippen LogP contribution in [0.15, 0.2) is 12.1 Å². The number of benzene rings is 1. The van der Waals surface area contributed by atoms with Gasteiger partial charge < -0.3 is 5.11 Å². The maximum Gasteiger partial charge on any atom is 0.0828 e. The minimum absolute atomic E-state index is 0.223. The molecule has 2 fully saturated rings. The van der Waals surface area contributed by atoms with Crippen molar-refractivity contribution in [1.82, 2.24) is 0 Å². The molecule has 1 nitrogen and oxygen atoms in total. The summed E-state index contributed by atoms with van der Waals surface area (Å²) in [6.07, 6.45) is 5.21. The summed E-state index contributed by atoms with van der Waals surface area (Å²) >= 11 is 0. The fraction of sp³-hybridized carbons (Fsp3) is 0.647. The van der Waals surface area contributed by atoms with Crippen LogP contribution in [-0.4, -0.2) is 5.11 Å². The van der Waals surface area contributed by atoms with Gasteiger partial charge in [-0.2, -0.15) is 0 Å². The van der Waals surface area contributed by atoms with Crippen LogP contribution in [0.1, 0.15) is 54.0 Å². The van der Waals surface area contributed by atoms with Crippen molar-refractivity contribution in [2.45, 2.75) is 52.6 Å². The lowest BCUT2D eigenvalue weighted by Gasteiger charge is -2.18. The molecule has 0 spiro atoms. The number of hydrogen-bond acceptors (Lipinski definition) is 1. The van der Waals surface area contributed by atoms with Gasteiger partial charge in [-0.25, -0.2) is 0 Å². The summed E-state index contributed by atoms with van der Waals surface area (Å²) in [4.78, 5) is 0. The lowest BCUT2D eigenvalue weighted by molar-refractivity contribution is 0.141. The Morgan fingerprint density at radius 3 is 2.00 bits per heavy atom. The third-order valence-electron chi connectivity index (χ3n) is 5.12. The SMILES string of the molecule is Cc1cc(C)c(C(O)C2C3CCCCC32)c(C)c1. The van der Waals surface area contributed by atoms with Crippen molar-refractivity contribution in [3.63, 3.8) is 0 Å². The van der Waals surface area contributed by atoms with E-state index in [1.54, 1.807) is 0 Å². The normalized spacial score (nSPS) is 31.9. The van der Waals surface area contributed by atoms with Crippen LogP contribution in [0.4, 0.5) is 0 Å². The molecule has 2 saturated carbocycles. The lowest BCUT2D eigenvalue weighted by atomic mass is 9.92. The molecule has 3 unspecified atom stereocenters. The van der Waals surface area contributed by atoms with Gasteiger partial charge in [0.1, 0.15) is 0 Å². The van der Waals surface area contributed by atoms with Crippen LogP contribution in [0.25, 0.3) is 0 Å². The first-order chi connectivity index (χ1) is 8.59. The molecule has 1 aromatic rings. The first-order valence-corrected chi connectivity index (χ1v) is 7.35. The molecule has 18 heavy (non-hydrogen) atoms. The highest BCUT2D eigenvalue weighted by Crippen LogP contribution is 2.60. The Balaban J connectivity index is 1.87. The lowest BCUT2D eigenvalue weighted by Crippen LogP contribution is -2.07. The average molecular weight is 244 g/mol. The van der Waals surface area contributed by atoms with E-state index in [1.165, 1.54) is 47.9 Å². The number of rotatable bonds is 2. The van der Waals surface area contributed by atoms with Crippen molar-refractivity contribution in [2.75, 3.05) is 0 Å². The van der Waals surface area contributed by atoms with Crippen molar-refractivity contribution < 1.29 is 5.11 Å². The number of aryl methyl sites for hydroxylation is 3. The molecule has 3 atom stereocenters. The van der Waals surface area contributed by atoms with Gasteiger partial charge in [0.2, 0.25) is 0 Å². The van der Waals surface area contributed by atoms with Crippen molar-refractivity contribution in [3.05, 3.63) is 34.4 Å². The summed E-state index contributed by atoms with van der Waals surface area (Å²) < 4.78 is 0. The average Bonchev–Trinajstić information content (AvgIpc) is 3.01.